The molecule has 1 N–H and O–H groups in total. The summed E-state index contributed by atoms with van der Waals surface area (Å²) in [6.45, 7) is 5.61. The first-order chi connectivity index (χ1) is 10.9. The van der Waals surface area contributed by atoms with Gasteiger partial charge in [-0.05, 0) is 25.8 Å². The van der Waals surface area contributed by atoms with Gasteiger partial charge in [0.1, 0.15) is 11.8 Å². The molecule has 1 aromatic heterocycles. The van der Waals surface area contributed by atoms with E-state index in [1.807, 2.05) is 20.8 Å². The molecular weight excluding hydrogens is 314 g/mol. The van der Waals surface area contributed by atoms with Gasteiger partial charge in [0.25, 0.3) is 0 Å². The molecule has 0 fully saturated rings. The summed E-state index contributed by atoms with van der Waals surface area (Å²) >= 11 is 6.09. The van der Waals surface area contributed by atoms with Gasteiger partial charge in [-0.1, -0.05) is 41.9 Å². The van der Waals surface area contributed by atoms with Gasteiger partial charge in [0.05, 0.1) is 11.8 Å². The number of carbonyl (C=O) groups excluding carboxylic acids is 1. The standard InChI is InChI=1S/C17H18ClN3O2/c1-10(17-11(2)21-23-12(17)3)8-16(22)20-15(9-19)13-6-4-5-7-14(13)18/h4-7,10,15H,8H2,1-3H3,(H,20,22). The van der Waals surface area contributed by atoms with Crippen molar-refractivity contribution in [3.05, 3.63) is 51.9 Å². The van der Waals surface area contributed by atoms with Crippen LogP contribution in [0.5, 0.6) is 0 Å². The van der Waals surface area contributed by atoms with Crippen LogP contribution in [0.3, 0.4) is 0 Å². The number of aryl methyl sites for hydroxylation is 2. The van der Waals surface area contributed by atoms with E-state index in [4.69, 9.17) is 16.1 Å². The van der Waals surface area contributed by atoms with Crippen LogP contribution in [0.15, 0.2) is 28.8 Å². The van der Waals surface area contributed by atoms with Gasteiger partial charge in [-0.2, -0.15) is 5.26 Å². The first kappa shape index (κ1) is 17.0. The van der Waals surface area contributed by atoms with Gasteiger partial charge in [-0.3, -0.25) is 4.79 Å². The summed E-state index contributed by atoms with van der Waals surface area (Å²) < 4.78 is 5.13. The predicted molar refractivity (Wildman–Crippen MR) is 87.0 cm³/mol. The lowest BCUT2D eigenvalue weighted by Crippen LogP contribution is -2.28. The first-order valence-corrected chi connectivity index (χ1v) is 7.68. The quantitative estimate of drug-likeness (QED) is 0.903. The molecule has 2 atom stereocenters. The molecule has 2 aromatic rings. The molecule has 0 aliphatic carbocycles. The Morgan fingerprint density at radius 1 is 1.43 bits per heavy atom. The summed E-state index contributed by atoms with van der Waals surface area (Å²) in [5, 5.41) is 16.4. The van der Waals surface area contributed by atoms with Crippen LogP contribution in [-0.4, -0.2) is 11.1 Å². The van der Waals surface area contributed by atoms with E-state index in [1.54, 1.807) is 24.3 Å². The minimum Gasteiger partial charge on any atom is -0.361 e. The Bertz CT molecular complexity index is 729. The minimum absolute atomic E-state index is 0.0492. The predicted octanol–water partition coefficient (Wildman–Crippen LogP) is 3.82. The molecule has 1 heterocycles. The molecule has 0 spiro atoms. The van der Waals surface area contributed by atoms with Crippen molar-refractivity contribution in [2.24, 2.45) is 0 Å². The number of nitrogens with zero attached hydrogens (tertiary/aromatic N) is 2. The molecule has 0 saturated carbocycles. The lowest BCUT2D eigenvalue weighted by atomic mass is 9.95. The number of amides is 1. The second kappa shape index (κ2) is 7.30. The summed E-state index contributed by atoms with van der Waals surface area (Å²) in [5.74, 6) is 0.446. The number of aromatic nitrogens is 1. The molecule has 2 unspecified atom stereocenters. The average Bonchev–Trinajstić information content (AvgIpc) is 2.84. The summed E-state index contributed by atoms with van der Waals surface area (Å²) in [7, 11) is 0. The van der Waals surface area contributed by atoms with Gasteiger partial charge in [-0.15, -0.1) is 0 Å². The van der Waals surface area contributed by atoms with Crippen molar-refractivity contribution in [2.75, 3.05) is 0 Å². The maximum atomic E-state index is 12.3. The Morgan fingerprint density at radius 3 is 2.70 bits per heavy atom. The topological polar surface area (TPSA) is 78.9 Å². The van der Waals surface area contributed by atoms with E-state index < -0.39 is 6.04 Å². The zero-order chi connectivity index (χ0) is 17.0. The highest BCUT2D eigenvalue weighted by atomic mass is 35.5. The van der Waals surface area contributed by atoms with Gasteiger partial charge < -0.3 is 9.84 Å². The zero-order valence-corrected chi connectivity index (χ0v) is 14.0. The SMILES string of the molecule is Cc1noc(C)c1C(C)CC(=O)NC(C#N)c1ccccc1Cl. The average molecular weight is 332 g/mol. The Labute approximate surface area is 140 Å². The second-order valence-electron chi connectivity index (χ2n) is 5.49. The molecule has 2 rings (SSSR count). The molecule has 23 heavy (non-hydrogen) atoms. The highest BCUT2D eigenvalue weighted by molar-refractivity contribution is 6.31. The van der Waals surface area contributed by atoms with Crippen molar-refractivity contribution in [1.82, 2.24) is 10.5 Å². The van der Waals surface area contributed by atoms with E-state index in [1.165, 1.54) is 0 Å². The van der Waals surface area contributed by atoms with Gasteiger partial charge in [0.2, 0.25) is 5.91 Å². The molecular formula is C17H18ClN3O2. The first-order valence-electron chi connectivity index (χ1n) is 7.30. The third-order valence-corrected chi connectivity index (χ3v) is 4.07. The van der Waals surface area contributed by atoms with E-state index in [-0.39, 0.29) is 18.2 Å². The lowest BCUT2D eigenvalue weighted by Gasteiger charge is -2.16. The number of halogens is 1. The van der Waals surface area contributed by atoms with E-state index >= 15 is 0 Å². The van der Waals surface area contributed by atoms with Gasteiger partial charge in [-0.25, -0.2) is 0 Å². The smallest absolute Gasteiger partial charge is 0.221 e. The van der Waals surface area contributed by atoms with Gasteiger partial charge >= 0.3 is 0 Å². The van der Waals surface area contributed by atoms with Crippen LogP contribution in [0.2, 0.25) is 5.02 Å². The third-order valence-electron chi connectivity index (χ3n) is 3.72. The van der Waals surface area contributed by atoms with Crippen molar-refractivity contribution in [2.45, 2.75) is 39.2 Å². The highest BCUT2D eigenvalue weighted by Gasteiger charge is 2.22. The summed E-state index contributed by atoms with van der Waals surface area (Å²) in [4.78, 5) is 12.3. The lowest BCUT2D eigenvalue weighted by molar-refractivity contribution is -0.121. The van der Waals surface area contributed by atoms with Crippen LogP contribution in [0.1, 0.15) is 47.9 Å². The van der Waals surface area contributed by atoms with Crippen molar-refractivity contribution in [1.29, 1.82) is 5.26 Å². The molecule has 0 bridgehead atoms. The van der Waals surface area contributed by atoms with Crippen molar-refractivity contribution in [3.63, 3.8) is 0 Å². The number of carbonyl (C=O) groups is 1. The second-order valence-corrected chi connectivity index (χ2v) is 5.90. The maximum Gasteiger partial charge on any atom is 0.221 e. The normalized spacial score (nSPS) is 13.2. The number of nitrogens with one attached hydrogen (secondary N) is 1. The molecule has 0 saturated heterocycles. The molecule has 0 aliphatic heterocycles. The van der Waals surface area contributed by atoms with Crippen LogP contribution in [0.4, 0.5) is 0 Å². The number of nitriles is 1. The van der Waals surface area contributed by atoms with Crippen LogP contribution >= 0.6 is 11.6 Å². The highest BCUT2D eigenvalue weighted by Crippen LogP contribution is 2.27. The summed E-state index contributed by atoms with van der Waals surface area (Å²) in [6.07, 6.45) is 0.242. The fourth-order valence-electron chi connectivity index (χ4n) is 2.68. The van der Waals surface area contributed by atoms with Crippen molar-refractivity contribution >= 4 is 17.5 Å². The summed E-state index contributed by atoms with van der Waals surface area (Å²) in [5.41, 5.74) is 2.31. The van der Waals surface area contributed by atoms with E-state index in [0.29, 0.717) is 16.3 Å². The number of benzene rings is 1. The monoisotopic (exact) mass is 331 g/mol. The van der Waals surface area contributed by atoms with Crippen LogP contribution in [0, 0.1) is 25.2 Å². The van der Waals surface area contributed by atoms with Crippen molar-refractivity contribution in [3.8, 4) is 6.07 Å². The number of hydrogen-bond donors (Lipinski definition) is 1. The van der Waals surface area contributed by atoms with Gasteiger partial charge in [0, 0.05) is 22.6 Å². The van der Waals surface area contributed by atoms with Crippen LogP contribution in [0.25, 0.3) is 0 Å². The molecule has 0 aliphatic rings. The zero-order valence-electron chi connectivity index (χ0n) is 13.3. The third kappa shape index (κ3) is 3.91. The number of hydrogen-bond acceptors (Lipinski definition) is 4. The van der Waals surface area contributed by atoms with Crippen molar-refractivity contribution < 1.29 is 9.32 Å². The molecule has 0 radical (unpaired) electrons. The Hall–Kier alpha value is -2.32. The Kier molecular flexibility index (Phi) is 5.41. The number of rotatable bonds is 5. The van der Waals surface area contributed by atoms with Crippen LogP contribution < -0.4 is 5.32 Å². The minimum atomic E-state index is -0.770. The van der Waals surface area contributed by atoms with E-state index in [0.717, 1.165) is 11.3 Å². The molecule has 5 nitrogen and oxygen atoms in total. The molecule has 1 amide bonds. The molecule has 6 heteroatoms. The fourth-order valence-corrected chi connectivity index (χ4v) is 2.93. The molecule has 1 aromatic carbocycles. The largest absolute Gasteiger partial charge is 0.361 e. The fraction of sp³-hybridized carbons (Fsp3) is 0.353. The Morgan fingerprint density at radius 2 is 2.13 bits per heavy atom. The summed E-state index contributed by atoms with van der Waals surface area (Å²) in [6, 6.07) is 8.29. The van der Waals surface area contributed by atoms with E-state index in [2.05, 4.69) is 16.5 Å². The Balaban J connectivity index is 2.07. The van der Waals surface area contributed by atoms with Gasteiger partial charge in [0.15, 0.2) is 0 Å². The van der Waals surface area contributed by atoms with Crippen LogP contribution in [-0.2, 0) is 4.79 Å². The maximum absolute atomic E-state index is 12.3. The van der Waals surface area contributed by atoms with E-state index in [9.17, 15) is 10.1 Å². The molecule has 120 valence electrons.